The molecule has 2 heterocycles. The van der Waals surface area contributed by atoms with Gasteiger partial charge in [0.15, 0.2) is 11.3 Å². The van der Waals surface area contributed by atoms with Gasteiger partial charge in [-0.2, -0.15) is 0 Å². The molecule has 0 aliphatic carbocycles. The molecule has 0 saturated heterocycles. The number of nitrogens with one attached hydrogen (secondary N) is 1. The zero-order valence-corrected chi connectivity index (χ0v) is 14.9. The predicted molar refractivity (Wildman–Crippen MR) is 103 cm³/mol. The van der Waals surface area contributed by atoms with E-state index >= 15 is 0 Å². The Kier molecular flexibility index (Phi) is 4.85. The smallest absolute Gasteiger partial charge is 0.176 e. The van der Waals surface area contributed by atoms with Gasteiger partial charge in [-0.3, -0.25) is 4.98 Å². The molecule has 0 bridgehead atoms. The van der Waals surface area contributed by atoms with Crippen LogP contribution < -0.4 is 10.1 Å². The van der Waals surface area contributed by atoms with Crippen LogP contribution in [0.4, 0.5) is 4.39 Å². The molecule has 0 fully saturated rings. The van der Waals surface area contributed by atoms with Crippen molar-refractivity contribution in [2.24, 2.45) is 0 Å². The Balaban J connectivity index is 1.58. The molecule has 0 amide bonds. The number of hydrogen-bond donors (Lipinski definition) is 1. The first-order chi connectivity index (χ1) is 13.2. The van der Waals surface area contributed by atoms with Crippen molar-refractivity contribution >= 4 is 11.0 Å². The molecule has 27 heavy (non-hydrogen) atoms. The predicted octanol–water partition coefficient (Wildman–Crippen LogP) is 4.93. The summed E-state index contributed by atoms with van der Waals surface area (Å²) in [6, 6.07) is 16.2. The first-order valence-corrected chi connectivity index (χ1v) is 8.69. The summed E-state index contributed by atoms with van der Waals surface area (Å²) in [4.78, 5) is 4.12. The lowest BCUT2D eigenvalue weighted by atomic mass is 10.1. The normalized spacial score (nSPS) is 11.0. The summed E-state index contributed by atoms with van der Waals surface area (Å²) in [5.41, 5.74) is 3.74. The number of aromatic nitrogens is 1. The van der Waals surface area contributed by atoms with E-state index in [0.717, 1.165) is 28.6 Å². The average Bonchev–Trinajstić information content (AvgIpc) is 3.13. The number of nitrogens with zero attached hydrogens (tertiary/aromatic N) is 1. The van der Waals surface area contributed by atoms with E-state index in [1.54, 1.807) is 25.4 Å². The minimum Gasteiger partial charge on any atom is -0.493 e. The number of furan rings is 1. The molecule has 0 atom stereocenters. The molecule has 0 spiro atoms. The van der Waals surface area contributed by atoms with E-state index < -0.39 is 0 Å². The molecule has 5 heteroatoms. The molecule has 4 nitrogen and oxygen atoms in total. The van der Waals surface area contributed by atoms with Crippen LogP contribution >= 0.6 is 0 Å². The van der Waals surface area contributed by atoms with Crippen LogP contribution in [0.25, 0.3) is 22.3 Å². The Bertz CT molecular complexity index is 1040. The first-order valence-electron chi connectivity index (χ1n) is 8.69. The van der Waals surface area contributed by atoms with Gasteiger partial charge in [-0.25, -0.2) is 4.39 Å². The zero-order valence-electron chi connectivity index (χ0n) is 14.9. The van der Waals surface area contributed by atoms with Gasteiger partial charge in [-0.15, -0.1) is 0 Å². The van der Waals surface area contributed by atoms with E-state index in [0.29, 0.717) is 23.6 Å². The molecule has 0 unspecified atom stereocenters. The van der Waals surface area contributed by atoms with Crippen LogP contribution in [-0.2, 0) is 13.1 Å². The Labute approximate surface area is 156 Å². The fourth-order valence-electron chi connectivity index (χ4n) is 3.04. The molecule has 4 rings (SSSR count). The van der Waals surface area contributed by atoms with Crippen LogP contribution in [0.3, 0.4) is 0 Å². The summed E-state index contributed by atoms with van der Waals surface area (Å²) in [5.74, 6) is 1.09. The molecule has 1 N–H and O–H groups in total. The van der Waals surface area contributed by atoms with E-state index in [-0.39, 0.29) is 5.82 Å². The number of pyridine rings is 1. The van der Waals surface area contributed by atoms with Gasteiger partial charge in [0.2, 0.25) is 0 Å². The number of benzene rings is 2. The molecule has 0 saturated carbocycles. The van der Waals surface area contributed by atoms with E-state index in [9.17, 15) is 4.39 Å². The quantitative estimate of drug-likeness (QED) is 0.528. The second-order valence-electron chi connectivity index (χ2n) is 6.30. The van der Waals surface area contributed by atoms with Gasteiger partial charge in [-0.05, 0) is 59.7 Å². The summed E-state index contributed by atoms with van der Waals surface area (Å²) in [6.45, 7) is 1.43. The van der Waals surface area contributed by atoms with Crippen molar-refractivity contribution in [2.45, 2.75) is 13.1 Å². The maximum atomic E-state index is 13.2. The third-order valence-corrected chi connectivity index (χ3v) is 4.37. The van der Waals surface area contributed by atoms with Crippen molar-refractivity contribution in [3.63, 3.8) is 0 Å². The highest BCUT2D eigenvalue weighted by Crippen LogP contribution is 2.34. The lowest BCUT2D eigenvalue weighted by Crippen LogP contribution is -2.12. The zero-order chi connectivity index (χ0) is 18.6. The third-order valence-electron chi connectivity index (χ3n) is 4.37. The number of halogens is 1. The average molecular weight is 362 g/mol. The lowest BCUT2D eigenvalue weighted by molar-refractivity contribution is 0.410. The van der Waals surface area contributed by atoms with Crippen molar-refractivity contribution in [3.05, 3.63) is 83.9 Å². The number of hydrogen-bond acceptors (Lipinski definition) is 4. The highest BCUT2D eigenvalue weighted by atomic mass is 19.1. The van der Waals surface area contributed by atoms with Crippen LogP contribution in [-0.4, -0.2) is 12.1 Å². The van der Waals surface area contributed by atoms with Crippen LogP contribution in [0.2, 0.25) is 0 Å². The maximum absolute atomic E-state index is 13.2. The second kappa shape index (κ2) is 7.60. The largest absolute Gasteiger partial charge is 0.493 e. The molecule has 4 aromatic rings. The van der Waals surface area contributed by atoms with Crippen LogP contribution in [0.1, 0.15) is 11.1 Å². The fourth-order valence-corrected chi connectivity index (χ4v) is 3.04. The number of fused-ring (bicyclic) bond motifs is 1. The third kappa shape index (κ3) is 3.83. The van der Waals surface area contributed by atoms with Gasteiger partial charge in [-0.1, -0.05) is 6.07 Å². The van der Waals surface area contributed by atoms with Gasteiger partial charge in [0, 0.05) is 36.4 Å². The Morgan fingerprint density at radius 2 is 1.85 bits per heavy atom. The van der Waals surface area contributed by atoms with Gasteiger partial charge >= 0.3 is 0 Å². The number of ether oxygens (including phenoxy) is 1. The van der Waals surface area contributed by atoms with Crippen LogP contribution in [0, 0.1) is 5.82 Å². The number of methoxy groups -OCH3 is 1. The van der Waals surface area contributed by atoms with Gasteiger partial charge < -0.3 is 14.5 Å². The van der Waals surface area contributed by atoms with Gasteiger partial charge in [0.05, 0.1) is 7.11 Å². The minimum absolute atomic E-state index is 0.269. The SMILES string of the molecule is COc1cc(CNCc2cccnc2)cc2cc(-c3ccc(F)cc3)oc12. The summed E-state index contributed by atoms with van der Waals surface area (Å²) >= 11 is 0. The Hall–Kier alpha value is -3.18. The van der Waals surface area contributed by atoms with Crippen LogP contribution in [0.5, 0.6) is 5.75 Å². The van der Waals surface area contributed by atoms with E-state index in [1.807, 2.05) is 30.5 Å². The van der Waals surface area contributed by atoms with Gasteiger partial charge in [0.25, 0.3) is 0 Å². The molecule has 0 aliphatic rings. The molecule has 2 aromatic carbocycles. The first kappa shape index (κ1) is 17.2. The topological polar surface area (TPSA) is 47.3 Å². The number of rotatable bonds is 6. The van der Waals surface area contributed by atoms with Crippen molar-refractivity contribution in [3.8, 4) is 17.1 Å². The second-order valence-corrected chi connectivity index (χ2v) is 6.30. The fraction of sp³-hybridized carbons (Fsp3) is 0.136. The summed E-state index contributed by atoms with van der Waals surface area (Å²) in [5, 5.41) is 4.36. The molecule has 136 valence electrons. The standard InChI is InChI=1S/C22H19FN2O2/c1-26-21-10-16(14-25-13-15-3-2-8-24-12-15)9-18-11-20(27-22(18)21)17-4-6-19(23)7-5-17/h2-12,25H,13-14H2,1H3. The van der Waals surface area contributed by atoms with E-state index in [1.165, 1.54) is 12.1 Å². The molecular formula is C22H19FN2O2. The van der Waals surface area contributed by atoms with Crippen molar-refractivity contribution in [1.82, 2.24) is 10.3 Å². The molecule has 2 aromatic heterocycles. The summed E-state index contributed by atoms with van der Waals surface area (Å²) in [7, 11) is 1.63. The van der Waals surface area contributed by atoms with E-state index in [2.05, 4.69) is 16.4 Å². The highest BCUT2D eigenvalue weighted by molar-refractivity contribution is 5.88. The highest BCUT2D eigenvalue weighted by Gasteiger charge is 2.12. The summed E-state index contributed by atoms with van der Waals surface area (Å²) in [6.07, 6.45) is 3.61. The molecule has 0 radical (unpaired) electrons. The Morgan fingerprint density at radius 3 is 2.59 bits per heavy atom. The van der Waals surface area contributed by atoms with Crippen LogP contribution in [0.15, 0.2) is 71.4 Å². The van der Waals surface area contributed by atoms with Gasteiger partial charge in [0.1, 0.15) is 11.6 Å². The Morgan fingerprint density at radius 1 is 1.04 bits per heavy atom. The van der Waals surface area contributed by atoms with Crippen molar-refractivity contribution < 1.29 is 13.5 Å². The van der Waals surface area contributed by atoms with E-state index in [4.69, 9.17) is 9.15 Å². The molecular weight excluding hydrogens is 343 g/mol. The van der Waals surface area contributed by atoms with Crippen molar-refractivity contribution in [1.29, 1.82) is 0 Å². The lowest BCUT2D eigenvalue weighted by Gasteiger charge is -2.07. The maximum Gasteiger partial charge on any atom is 0.176 e. The molecule has 0 aliphatic heterocycles. The summed E-state index contributed by atoms with van der Waals surface area (Å²) < 4.78 is 24.6. The monoisotopic (exact) mass is 362 g/mol. The minimum atomic E-state index is -0.269. The van der Waals surface area contributed by atoms with Crippen molar-refractivity contribution in [2.75, 3.05) is 7.11 Å².